The molecule has 0 nitrogen and oxygen atoms in total. The molecule has 0 aliphatic heterocycles. The molecule has 0 fully saturated rings. The molecule has 0 N–H and O–H groups in total. The molecule has 0 bridgehead atoms. The molecule has 0 spiro atoms. The van der Waals surface area contributed by atoms with Crippen LogP contribution < -0.4 is 0 Å². The quantitative estimate of drug-likeness (QED) is 0.380. The van der Waals surface area contributed by atoms with Crippen molar-refractivity contribution in [3.63, 3.8) is 0 Å². The Morgan fingerprint density at radius 3 is 1.50 bits per heavy atom. The molecule has 0 saturated heterocycles. The van der Waals surface area contributed by atoms with E-state index in [0.717, 1.165) is 5.56 Å². The van der Waals surface area contributed by atoms with Crippen molar-refractivity contribution in [2.45, 2.75) is 0 Å². The van der Waals surface area contributed by atoms with Crippen LogP contribution in [0.25, 0.3) is 0 Å². The van der Waals surface area contributed by atoms with Gasteiger partial charge in [-0.3, -0.25) is 0 Å². The number of halogens is 1. The van der Waals surface area contributed by atoms with Crippen molar-refractivity contribution in [2.75, 3.05) is 20.0 Å². The molecular weight excluding hydrogens is 257 g/mol. The first-order chi connectivity index (χ1) is 6.13. The van der Waals surface area contributed by atoms with E-state index in [1.165, 1.54) is 0 Å². The van der Waals surface area contributed by atoms with Gasteiger partial charge in [0.2, 0.25) is 0 Å². The van der Waals surface area contributed by atoms with E-state index >= 15 is 0 Å². The zero-order chi connectivity index (χ0) is 10.7. The van der Waals surface area contributed by atoms with Gasteiger partial charge in [0.1, 0.15) is 0 Å². The van der Waals surface area contributed by atoms with E-state index in [9.17, 15) is 0 Å². The monoisotopic (exact) mass is 276 g/mol. The van der Waals surface area contributed by atoms with Crippen molar-refractivity contribution >= 4 is 18.1 Å². The van der Waals surface area contributed by atoms with Crippen molar-refractivity contribution in [1.82, 2.24) is 0 Å². The molecule has 0 amide bonds. The number of hydrogen-bond donors (Lipinski definition) is 0. The maximum atomic E-state index is 4.26. The summed E-state index contributed by atoms with van der Waals surface area (Å²) in [5, 5.41) is 0. The summed E-state index contributed by atoms with van der Waals surface area (Å²) < 4.78 is 0. The Hall–Kier alpha value is 0.174. The molecule has 0 aliphatic carbocycles. The summed E-state index contributed by atoms with van der Waals surface area (Å²) in [4.78, 5) is 0. The summed E-state index contributed by atoms with van der Waals surface area (Å²) >= 11 is 3.35. The average molecular weight is 277 g/mol. The zero-order valence-corrected chi connectivity index (χ0v) is 12.0. The first kappa shape index (κ1) is 19.7. The van der Waals surface area contributed by atoms with Gasteiger partial charge in [0.15, 0.2) is 0 Å². The summed E-state index contributed by atoms with van der Waals surface area (Å²) in [5.74, 6) is 0. The maximum absolute atomic E-state index is 4.26. The Labute approximate surface area is 103 Å². The van der Waals surface area contributed by atoms with Crippen LogP contribution in [0, 0.1) is 14.4 Å². The summed E-state index contributed by atoms with van der Waals surface area (Å²) in [7, 11) is 4.38. The van der Waals surface area contributed by atoms with E-state index in [0.29, 0.717) is 0 Å². The Kier molecular flexibility index (Phi) is 22.0. The van der Waals surface area contributed by atoms with Crippen LogP contribution in [0.15, 0.2) is 30.3 Å². The second-order valence-electron chi connectivity index (χ2n) is 2.99. The fraction of sp³-hybridized carbons (Fsp3) is 0.273. The first-order valence-electron chi connectivity index (χ1n) is 3.88. The summed E-state index contributed by atoms with van der Waals surface area (Å²) in [6.45, 7) is 10.5. The van der Waals surface area contributed by atoms with Crippen LogP contribution in [0.1, 0.15) is 5.56 Å². The van der Waals surface area contributed by atoms with Crippen LogP contribution in [0.5, 0.6) is 0 Å². The molecule has 1 rings (SSSR count). The van der Waals surface area contributed by atoms with Crippen molar-refractivity contribution < 1.29 is 14.6 Å². The van der Waals surface area contributed by atoms with Gasteiger partial charge in [-0.05, 0) is 7.92 Å². The molecule has 0 atom stereocenters. The van der Waals surface area contributed by atoms with Gasteiger partial charge < -0.3 is 0 Å². The molecule has 1 aromatic rings. The Bertz CT molecular complexity index is 175. The van der Waals surface area contributed by atoms with E-state index in [-0.39, 0.29) is 15.3 Å². The minimum absolute atomic E-state index is 0. The molecule has 0 unspecified atom stereocenters. The second-order valence-corrected chi connectivity index (χ2v) is 5.99. The van der Waals surface area contributed by atoms with Gasteiger partial charge in [-0.15, -0.1) is 12.1 Å². The Morgan fingerprint density at radius 2 is 1.36 bits per heavy atom. The van der Waals surface area contributed by atoms with Crippen LogP contribution in [0.3, 0.4) is 0 Å². The van der Waals surface area contributed by atoms with Gasteiger partial charge in [-0.2, -0.15) is 24.6 Å². The fourth-order valence-electron chi connectivity index (χ4n) is 0.478. The summed E-state index contributed by atoms with van der Waals surface area (Å²) in [6, 6.07) is 9.87. The standard InChI is InChI=1S/C7H7.C3H9P.CH3.ClH.Ni/c1-7-5-3-2-4-6-7;1-4(2)3;;;/h2-6H,1H2;1-3H3;1H3;1H;/q-1;;+1;;+1. The van der Waals surface area contributed by atoms with Crippen molar-refractivity contribution in [3.05, 3.63) is 50.2 Å². The molecule has 0 saturated carbocycles. The fourth-order valence-corrected chi connectivity index (χ4v) is 0.478. The van der Waals surface area contributed by atoms with Crippen LogP contribution >= 0.6 is 18.1 Å². The van der Waals surface area contributed by atoms with Gasteiger partial charge in [0, 0.05) is 27.4 Å². The molecule has 0 aliphatic rings. The molecule has 0 radical (unpaired) electrons. The molecule has 0 aromatic heterocycles. The number of hydrogen-bond acceptors (Lipinski definition) is 0. The molecule has 85 valence electrons. The van der Waals surface area contributed by atoms with Crippen LogP contribution in [0.2, 0.25) is 0 Å². The molecule has 14 heavy (non-hydrogen) atoms. The summed E-state index contributed by atoms with van der Waals surface area (Å²) in [5.41, 5.74) is 1.07. The van der Waals surface area contributed by atoms with Gasteiger partial charge in [-0.25, -0.2) is 0 Å². The molecule has 3 heteroatoms. The predicted octanol–water partition coefficient (Wildman–Crippen LogP) is 4.10. The minimum atomic E-state index is 0. The predicted molar refractivity (Wildman–Crippen MR) is 69.3 cm³/mol. The molecule has 0 heterocycles. The van der Waals surface area contributed by atoms with E-state index in [4.69, 9.17) is 0 Å². The van der Waals surface area contributed by atoms with Gasteiger partial charge in [0.05, 0.1) is 0 Å². The van der Waals surface area contributed by atoms with Crippen LogP contribution in [0.4, 0.5) is 0 Å². The van der Waals surface area contributed by atoms with E-state index in [1.807, 2.05) is 30.3 Å². The van der Waals surface area contributed by atoms with Gasteiger partial charge in [0.25, 0.3) is 0 Å². The average Bonchev–Trinajstić information content (AvgIpc) is 2.08. The first-order valence-corrected chi connectivity index (χ1v) is 8.24. The summed E-state index contributed by atoms with van der Waals surface area (Å²) in [6.07, 6.45) is 0. The third kappa shape index (κ3) is 22.7. The molecular formula is C11H20ClNiP+. The van der Waals surface area contributed by atoms with Crippen molar-refractivity contribution in [1.29, 1.82) is 0 Å². The topological polar surface area (TPSA) is 0 Å². The zero-order valence-electron chi connectivity index (χ0n) is 9.29. The van der Waals surface area contributed by atoms with Crippen LogP contribution in [-0.2, 0) is 14.6 Å². The SMILES string of the molecule is C[PH+](C)C.[CH2-]c1ccccc1.[CH3+].[Cl][Ni]. The normalized spacial score (nSPS) is 7.36. The second kappa shape index (κ2) is 15.6. The third-order valence-electron chi connectivity index (χ3n) is 0.843. The Balaban J connectivity index is -0.000000152. The van der Waals surface area contributed by atoms with E-state index in [1.54, 1.807) is 0 Å². The third-order valence-corrected chi connectivity index (χ3v) is 0.843. The van der Waals surface area contributed by atoms with E-state index in [2.05, 4.69) is 51.7 Å². The van der Waals surface area contributed by atoms with Crippen molar-refractivity contribution in [3.8, 4) is 0 Å². The van der Waals surface area contributed by atoms with E-state index < -0.39 is 0 Å². The molecule has 1 aromatic carbocycles. The Morgan fingerprint density at radius 1 is 1.07 bits per heavy atom. The van der Waals surface area contributed by atoms with Gasteiger partial charge >= 0.3 is 24.8 Å². The van der Waals surface area contributed by atoms with Crippen LogP contribution in [-0.4, -0.2) is 20.0 Å². The van der Waals surface area contributed by atoms with Crippen molar-refractivity contribution in [2.24, 2.45) is 0 Å². The van der Waals surface area contributed by atoms with Gasteiger partial charge in [-0.1, -0.05) is 6.07 Å². The number of benzene rings is 1. The number of rotatable bonds is 0.